The molecule has 14 heavy (non-hydrogen) atoms. The van der Waals surface area contributed by atoms with Gasteiger partial charge in [0.2, 0.25) is 0 Å². The van der Waals surface area contributed by atoms with Crippen molar-refractivity contribution in [3.05, 3.63) is 11.6 Å². The Morgan fingerprint density at radius 2 is 1.79 bits per heavy atom. The van der Waals surface area contributed by atoms with Crippen LogP contribution >= 0.6 is 0 Å². The van der Waals surface area contributed by atoms with Crippen LogP contribution in [0.25, 0.3) is 0 Å². The van der Waals surface area contributed by atoms with Gasteiger partial charge in [-0.15, -0.1) is 0 Å². The zero-order chi connectivity index (χ0) is 11.0. The van der Waals surface area contributed by atoms with Crippen molar-refractivity contribution in [1.29, 1.82) is 0 Å². The summed E-state index contributed by atoms with van der Waals surface area (Å²) < 4.78 is 5.52. The van der Waals surface area contributed by atoms with E-state index in [9.17, 15) is 0 Å². The summed E-state index contributed by atoms with van der Waals surface area (Å²) in [5.41, 5.74) is 1.43. The summed E-state index contributed by atoms with van der Waals surface area (Å²) in [6.45, 7) is 11.7. The Balaban J connectivity index is 3.37. The number of ether oxygens (including phenoxy) is 1. The summed E-state index contributed by atoms with van der Waals surface area (Å²) in [7, 11) is 0. The maximum atomic E-state index is 5.52. The minimum atomic E-state index is 0.375. The molecule has 0 aromatic heterocycles. The van der Waals surface area contributed by atoms with Gasteiger partial charge in [-0.3, -0.25) is 0 Å². The van der Waals surface area contributed by atoms with Crippen molar-refractivity contribution in [3.8, 4) is 0 Å². The second-order valence-corrected chi connectivity index (χ2v) is 4.67. The number of hydrogen-bond donors (Lipinski definition) is 0. The van der Waals surface area contributed by atoms with Crippen LogP contribution in [0.1, 0.15) is 53.9 Å². The smallest absolute Gasteiger partial charge is 0.0518 e. The quantitative estimate of drug-likeness (QED) is 0.557. The van der Waals surface area contributed by atoms with E-state index in [-0.39, 0.29) is 0 Å². The molecule has 0 saturated heterocycles. The number of rotatable bonds is 7. The van der Waals surface area contributed by atoms with Gasteiger partial charge < -0.3 is 4.74 Å². The lowest BCUT2D eigenvalue weighted by molar-refractivity contribution is 0.0691. The van der Waals surface area contributed by atoms with Crippen LogP contribution in [-0.4, -0.2) is 12.7 Å². The predicted octanol–water partition coefficient (Wildman–Crippen LogP) is 4.18. The standard InChI is InChI=1S/C13H26O/c1-11(2)7-6-8-13(5)9-10-14-12(3)4/h7,12-13H,6,8-10H2,1-5H3/t13-/m0/s1. The third-order valence-electron chi connectivity index (χ3n) is 2.27. The average Bonchev–Trinajstić information content (AvgIpc) is 2.02. The van der Waals surface area contributed by atoms with E-state index in [4.69, 9.17) is 4.74 Å². The molecule has 0 heterocycles. The zero-order valence-electron chi connectivity index (χ0n) is 10.5. The highest BCUT2D eigenvalue weighted by molar-refractivity contribution is 4.92. The minimum Gasteiger partial charge on any atom is -0.379 e. The monoisotopic (exact) mass is 198 g/mol. The SMILES string of the molecule is CC(C)=CCC[C@H](C)CCOC(C)C. The molecule has 0 bridgehead atoms. The number of allylic oxidation sites excluding steroid dienone is 2. The molecule has 0 radical (unpaired) electrons. The van der Waals surface area contributed by atoms with Crippen LogP contribution in [0, 0.1) is 5.92 Å². The Bertz CT molecular complexity index is 155. The molecule has 0 rings (SSSR count). The van der Waals surface area contributed by atoms with E-state index in [0.717, 1.165) is 12.5 Å². The van der Waals surface area contributed by atoms with E-state index < -0.39 is 0 Å². The molecule has 84 valence electrons. The summed E-state index contributed by atoms with van der Waals surface area (Å²) in [6, 6.07) is 0. The maximum Gasteiger partial charge on any atom is 0.0518 e. The molecule has 0 amide bonds. The lowest BCUT2D eigenvalue weighted by Crippen LogP contribution is -2.07. The van der Waals surface area contributed by atoms with Gasteiger partial charge >= 0.3 is 0 Å². The van der Waals surface area contributed by atoms with Crippen LogP contribution in [0.3, 0.4) is 0 Å². The van der Waals surface area contributed by atoms with Gasteiger partial charge in [-0.1, -0.05) is 18.6 Å². The third-order valence-corrected chi connectivity index (χ3v) is 2.27. The Morgan fingerprint density at radius 3 is 2.29 bits per heavy atom. The van der Waals surface area contributed by atoms with Crippen molar-refractivity contribution in [2.75, 3.05) is 6.61 Å². The van der Waals surface area contributed by atoms with Gasteiger partial charge in [0.1, 0.15) is 0 Å². The van der Waals surface area contributed by atoms with Crippen molar-refractivity contribution < 1.29 is 4.74 Å². The molecule has 0 fully saturated rings. The Labute approximate surface area is 89.5 Å². The van der Waals surface area contributed by atoms with Gasteiger partial charge in [0, 0.05) is 6.61 Å². The van der Waals surface area contributed by atoms with E-state index in [0.29, 0.717) is 6.10 Å². The van der Waals surface area contributed by atoms with Crippen LogP contribution in [-0.2, 0) is 4.74 Å². The topological polar surface area (TPSA) is 9.23 Å². The average molecular weight is 198 g/mol. The molecule has 0 unspecified atom stereocenters. The summed E-state index contributed by atoms with van der Waals surface area (Å²) >= 11 is 0. The molecule has 0 aliphatic heterocycles. The molecule has 1 atom stereocenters. The molecular formula is C13H26O. The van der Waals surface area contributed by atoms with Crippen molar-refractivity contribution in [2.45, 2.75) is 60.0 Å². The molecular weight excluding hydrogens is 172 g/mol. The van der Waals surface area contributed by atoms with Crippen LogP contribution < -0.4 is 0 Å². The fourth-order valence-electron chi connectivity index (χ4n) is 1.31. The molecule has 0 saturated carbocycles. The van der Waals surface area contributed by atoms with Crippen molar-refractivity contribution >= 4 is 0 Å². The highest BCUT2D eigenvalue weighted by Crippen LogP contribution is 2.12. The van der Waals surface area contributed by atoms with E-state index in [1.54, 1.807) is 0 Å². The van der Waals surface area contributed by atoms with Crippen molar-refractivity contribution in [3.63, 3.8) is 0 Å². The summed E-state index contributed by atoms with van der Waals surface area (Å²) in [6.07, 6.45) is 6.38. The lowest BCUT2D eigenvalue weighted by Gasteiger charge is -2.12. The first kappa shape index (κ1) is 13.7. The molecule has 0 aliphatic rings. The van der Waals surface area contributed by atoms with E-state index >= 15 is 0 Å². The molecule has 0 spiro atoms. The van der Waals surface area contributed by atoms with Gasteiger partial charge in [-0.25, -0.2) is 0 Å². The second-order valence-electron chi connectivity index (χ2n) is 4.67. The van der Waals surface area contributed by atoms with Crippen molar-refractivity contribution in [1.82, 2.24) is 0 Å². The second kappa shape index (κ2) is 8.05. The zero-order valence-corrected chi connectivity index (χ0v) is 10.5. The summed E-state index contributed by atoms with van der Waals surface area (Å²) in [5.74, 6) is 0.782. The largest absolute Gasteiger partial charge is 0.379 e. The Kier molecular flexibility index (Phi) is 7.87. The van der Waals surface area contributed by atoms with Gasteiger partial charge in [0.25, 0.3) is 0 Å². The predicted molar refractivity (Wildman–Crippen MR) is 63.5 cm³/mol. The van der Waals surface area contributed by atoms with Crippen LogP contribution in [0.4, 0.5) is 0 Å². The molecule has 0 aromatic rings. The fourth-order valence-corrected chi connectivity index (χ4v) is 1.31. The molecule has 0 N–H and O–H groups in total. The van der Waals surface area contributed by atoms with Gasteiger partial charge in [0.05, 0.1) is 6.10 Å². The van der Waals surface area contributed by atoms with Crippen LogP contribution in [0.5, 0.6) is 0 Å². The van der Waals surface area contributed by atoms with Crippen LogP contribution in [0.2, 0.25) is 0 Å². The molecule has 1 nitrogen and oxygen atoms in total. The number of hydrogen-bond acceptors (Lipinski definition) is 1. The molecule has 1 heteroatoms. The first-order valence-corrected chi connectivity index (χ1v) is 5.77. The molecule has 0 aromatic carbocycles. The van der Waals surface area contributed by atoms with E-state index in [2.05, 4.69) is 40.7 Å². The highest BCUT2D eigenvalue weighted by atomic mass is 16.5. The van der Waals surface area contributed by atoms with E-state index in [1.807, 2.05) is 0 Å². The molecule has 0 aliphatic carbocycles. The Morgan fingerprint density at radius 1 is 1.14 bits per heavy atom. The van der Waals surface area contributed by atoms with Gasteiger partial charge in [-0.2, -0.15) is 0 Å². The summed E-state index contributed by atoms with van der Waals surface area (Å²) in [5, 5.41) is 0. The third kappa shape index (κ3) is 9.79. The Hall–Kier alpha value is -0.300. The first-order valence-electron chi connectivity index (χ1n) is 5.77. The minimum absolute atomic E-state index is 0.375. The fraction of sp³-hybridized carbons (Fsp3) is 0.846. The lowest BCUT2D eigenvalue weighted by atomic mass is 10.0. The van der Waals surface area contributed by atoms with Gasteiger partial charge in [0.15, 0.2) is 0 Å². The normalized spacial score (nSPS) is 13.0. The summed E-state index contributed by atoms with van der Waals surface area (Å²) in [4.78, 5) is 0. The maximum absolute atomic E-state index is 5.52. The first-order chi connectivity index (χ1) is 6.52. The van der Waals surface area contributed by atoms with Crippen LogP contribution in [0.15, 0.2) is 11.6 Å². The van der Waals surface area contributed by atoms with Gasteiger partial charge in [-0.05, 0) is 52.9 Å². The van der Waals surface area contributed by atoms with E-state index in [1.165, 1.54) is 24.8 Å². The highest BCUT2D eigenvalue weighted by Gasteiger charge is 2.01. The van der Waals surface area contributed by atoms with Crippen molar-refractivity contribution in [2.24, 2.45) is 5.92 Å².